The normalized spacial score (nSPS) is 11.9. The van der Waals surface area contributed by atoms with Crippen molar-refractivity contribution >= 4 is 103 Å². The predicted octanol–water partition coefficient (Wildman–Crippen LogP) is 15.3. The van der Waals surface area contributed by atoms with E-state index < -0.39 is 0 Å². The molecule has 0 saturated carbocycles. The predicted molar refractivity (Wildman–Crippen MR) is 239 cm³/mol. The average molecular weight is 733 g/mol. The van der Waals surface area contributed by atoms with Crippen LogP contribution >= 0.6 is 11.3 Å². The third-order valence-electron chi connectivity index (χ3n) is 11.3. The third kappa shape index (κ3) is 4.70. The molecule has 0 unspecified atom stereocenters. The lowest BCUT2D eigenvalue weighted by atomic mass is 9.97. The highest BCUT2D eigenvalue weighted by Crippen LogP contribution is 2.44. The summed E-state index contributed by atoms with van der Waals surface area (Å²) in [4.78, 5) is 2.41. The lowest BCUT2D eigenvalue weighted by Crippen LogP contribution is -2.10. The van der Waals surface area contributed by atoms with E-state index in [9.17, 15) is 0 Å². The molecule has 0 spiro atoms. The Morgan fingerprint density at radius 3 is 1.93 bits per heavy atom. The molecule has 262 valence electrons. The highest BCUT2D eigenvalue weighted by molar-refractivity contribution is 7.25. The topological polar surface area (TPSA) is 21.3 Å². The van der Waals surface area contributed by atoms with Gasteiger partial charge in [-0.2, -0.15) is 0 Å². The molecular formula is C52H32N2OS. The van der Waals surface area contributed by atoms with Crippen LogP contribution < -0.4 is 4.90 Å². The number of rotatable bonds is 5. The molecule has 0 bridgehead atoms. The smallest absolute Gasteiger partial charge is 0.143 e. The Hall–Kier alpha value is -7.14. The van der Waals surface area contributed by atoms with E-state index in [2.05, 4.69) is 204 Å². The molecule has 3 aromatic heterocycles. The van der Waals surface area contributed by atoms with E-state index in [-0.39, 0.29) is 0 Å². The van der Waals surface area contributed by atoms with E-state index in [4.69, 9.17) is 4.42 Å². The SMILES string of the molecule is c1cc(-c2cccc3oc4c5ccccc5ccc4c23)cc(N(c2cccc(-n3c4ccccc4c4ccccc43)c2)c2ccc3sc4ccccc4c3c2)c1. The van der Waals surface area contributed by atoms with Gasteiger partial charge in [-0.05, 0) is 95.4 Å². The summed E-state index contributed by atoms with van der Waals surface area (Å²) in [5, 5.41) is 9.63. The summed E-state index contributed by atoms with van der Waals surface area (Å²) in [6.45, 7) is 0. The molecule has 9 aromatic carbocycles. The molecule has 0 N–H and O–H groups in total. The van der Waals surface area contributed by atoms with Crippen LogP contribution in [0.1, 0.15) is 0 Å². The molecule has 0 aliphatic heterocycles. The molecule has 12 rings (SSSR count). The fourth-order valence-electron chi connectivity index (χ4n) is 8.88. The summed E-state index contributed by atoms with van der Waals surface area (Å²) < 4.78 is 11.6. The first-order valence-corrected chi connectivity index (χ1v) is 19.8. The monoisotopic (exact) mass is 732 g/mol. The van der Waals surface area contributed by atoms with Gasteiger partial charge in [-0.3, -0.25) is 0 Å². The average Bonchev–Trinajstić information content (AvgIpc) is 3.94. The number of anilines is 3. The minimum absolute atomic E-state index is 0.893. The lowest BCUT2D eigenvalue weighted by molar-refractivity contribution is 0.673. The van der Waals surface area contributed by atoms with Crippen molar-refractivity contribution in [3.05, 3.63) is 194 Å². The molecule has 56 heavy (non-hydrogen) atoms. The first-order valence-electron chi connectivity index (χ1n) is 19.0. The van der Waals surface area contributed by atoms with E-state index in [0.29, 0.717) is 0 Å². The number of para-hydroxylation sites is 2. The Labute approximate surface area is 326 Å². The molecule has 0 fully saturated rings. The van der Waals surface area contributed by atoms with Gasteiger partial charge < -0.3 is 13.9 Å². The van der Waals surface area contributed by atoms with Crippen molar-refractivity contribution in [2.75, 3.05) is 4.90 Å². The fourth-order valence-corrected chi connectivity index (χ4v) is 9.97. The zero-order valence-electron chi connectivity index (χ0n) is 30.2. The minimum Gasteiger partial charge on any atom is -0.455 e. The van der Waals surface area contributed by atoms with Crippen molar-refractivity contribution in [1.82, 2.24) is 4.57 Å². The van der Waals surface area contributed by atoms with Crippen molar-refractivity contribution in [1.29, 1.82) is 0 Å². The number of hydrogen-bond acceptors (Lipinski definition) is 3. The molecule has 3 heterocycles. The van der Waals surface area contributed by atoms with E-state index in [1.54, 1.807) is 0 Å². The molecule has 0 aliphatic rings. The maximum absolute atomic E-state index is 6.61. The van der Waals surface area contributed by atoms with Crippen LogP contribution in [-0.4, -0.2) is 4.57 Å². The van der Waals surface area contributed by atoms with Crippen LogP contribution in [0.15, 0.2) is 199 Å². The number of benzene rings is 9. The van der Waals surface area contributed by atoms with Crippen molar-refractivity contribution in [3.63, 3.8) is 0 Å². The Balaban J connectivity index is 1.08. The Kier molecular flexibility index (Phi) is 6.80. The van der Waals surface area contributed by atoms with Crippen LogP contribution in [0.2, 0.25) is 0 Å². The van der Waals surface area contributed by atoms with Crippen molar-refractivity contribution in [2.24, 2.45) is 0 Å². The van der Waals surface area contributed by atoms with Gasteiger partial charge in [0, 0.05) is 69.9 Å². The van der Waals surface area contributed by atoms with Crippen LogP contribution in [0.5, 0.6) is 0 Å². The van der Waals surface area contributed by atoms with E-state index >= 15 is 0 Å². The quantitative estimate of drug-likeness (QED) is 0.176. The molecule has 0 amide bonds. The maximum atomic E-state index is 6.61. The lowest BCUT2D eigenvalue weighted by Gasteiger charge is -2.27. The third-order valence-corrected chi connectivity index (χ3v) is 12.5. The van der Waals surface area contributed by atoms with E-state index in [0.717, 1.165) is 61.2 Å². The summed E-state index contributed by atoms with van der Waals surface area (Å²) in [5.74, 6) is 0. The van der Waals surface area contributed by atoms with Crippen LogP contribution in [0, 0.1) is 0 Å². The number of thiophene rings is 1. The number of furan rings is 1. The second kappa shape index (κ2) is 12.2. The highest BCUT2D eigenvalue weighted by atomic mass is 32.1. The standard InChI is InChI=1S/C52H32N2OS/c1-2-17-40-33(12-1)26-28-44-51-39(21-11-24-48(51)55-52(40)44)34-13-9-14-35(30-34)53(38-27-29-50-45(32-38)43-20-5-8-25-49(43)56-50)36-15-10-16-37(31-36)54-46-22-6-3-18-41(46)42-19-4-7-23-47(42)54/h1-32H. The highest BCUT2D eigenvalue weighted by Gasteiger charge is 2.20. The summed E-state index contributed by atoms with van der Waals surface area (Å²) in [5.41, 5.74) is 10.9. The Morgan fingerprint density at radius 1 is 0.429 bits per heavy atom. The van der Waals surface area contributed by atoms with Gasteiger partial charge in [-0.15, -0.1) is 11.3 Å². The Bertz CT molecular complexity index is 3460. The molecule has 0 radical (unpaired) electrons. The molecule has 12 aromatic rings. The second-order valence-corrected chi connectivity index (χ2v) is 15.6. The van der Waals surface area contributed by atoms with Crippen molar-refractivity contribution < 1.29 is 4.42 Å². The number of fused-ring (bicyclic) bond motifs is 11. The zero-order chi connectivity index (χ0) is 36.7. The maximum Gasteiger partial charge on any atom is 0.143 e. The van der Waals surface area contributed by atoms with Crippen LogP contribution in [0.4, 0.5) is 17.1 Å². The van der Waals surface area contributed by atoms with Crippen molar-refractivity contribution in [3.8, 4) is 16.8 Å². The van der Waals surface area contributed by atoms with Gasteiger partial charge in [0.05, 0.1) is 11.0 Å². The summed E-state index contributed by atoms with van der Waals surface area (Å²) >= 11 is 1.85. The zero-order valence-corrected chi connectivity index (χ0v) is 31.0. The van der Waals surface area contributed by atoms with Gasteiger partial charge in [-0.1, -0.05) is 115 Å². The summed E-state index contributed by atoms with van der Waals surface area (Å²) in [7, 11) is 0. The number of aromatic nitrogens is 1. The molecule has 0 aliphatic carbocycles. The Morgan fingerprint density at radius 2 is 1.09 bits per heavy atom. The molecule has 0 saturated heterocycles. The first kappa shape index (κ1) is 31.2. The molecule has 4 heteroatoms. The van der Waals surface area contributed by atoms with Gasteiger partial charge in [0.1, 0.15) is 11.2 Å². The van der Waals surface area contributed by atoms with Crippen LogP contribution in [-0.2, 0) is 0 Å². The number of hydrogen-bond donors (Lipinski definition) is 0. The molecule has 3 nitrogen and oxygen atoms in total. The van der Waals surface area contributed by atoms with Gasteiger partial charge in [0.25, 0.3) is 0 Å². The van der Waals surface area contributed by atoms with E-state index in [1.165, 1.54) is 47.4 Å². The molecule has 0 atom stereocenters. The number of nitrogens with zero attached hydrogens (tertiary/aromatic N) is 2. The fraction of sp³-hybridized carbons (Fsp3) is 0. The first-order chi connectivity index (χ1) is 27.8. The van der Waals surface area contributed by atoms with Gasteiger partial charge in [0.15, 0.2) is 0 Å². The summed E-state index contributed by atoms with van der Waals surface area (Å²) in [6, 6.07) is 70.3. The van der Waals surface area contributed by atoms with Crippen LogP contribution in [0.3, 0.4) is 0 Å². The summed E-state index contributed by atoms with van der Waals surface area (Å²) in [6.07, 6.45) is 0. The van der Waals surface area contributed by atoms with Gasteiger partial charge in [-0.25, -0.2) is 0 Å². The van der Waals surface area contributed by atoms with Gasteiger partial charge >= 0.3 is 0 Å². The largest absolute Gasteiger partial charge is 0.455 e. The van der Waals surface area contributed by atoms with Gasteiger partial charge in [0.2, 0.25) is 0 Å². The van der Waals surface area contributed by atoms with E-state index in [1.807, 2.05) is 11.3 Å². The minimum atomic E-state index is 0.893. The molecular weight excluding hydrogens is 701 g/mol. The van der Waals surface area contributed by atoms with Crippen molar-refractivity contribution in [2.45, 2.75) is 0 Å². The second-order valence-electron chi connectivity index (χ2n) is 14.5. The van der Waals surface area contributed by atoms with Crippen LogP contribution in [0.25, 0.3) is 91.5 Å².